The van der Waals surface area contributed by atoms with E-state index in [4.69, 9.17) is 11.6 Å². The van der Waals surface area contributed by atoms with E-state index in [0.717, 1.165) is 37.5 Å². The topological polar surface area (TPSA) is 12.4 Å². The number of nitrogens with zero attached hydrogens (tertiary/aromatic N) is 1. The molecule has 4 heteroatoms. The summed E-state index contributed by atoms with van der Waals surface area (Å²) < 4.78 is 29.4. The van der Waals surface area contributed by atoms with Gasteiger partial charge in [0.1, 0.15) is 5.17 Å². The van der Waals surface area contributed by atoms with Crippen LogP contribution in [0.4, 0.5) is 8.78 Å². The highest BCUT2D eigenvalue weighted by Gasteiger charge is 2.48. The zero-order valence-corrected chi connectivity index (χ0v) is 16.9. The van der Waals surface area contributed by atoms with E-state index in [0.29, 0.717) is 5.92 Å². The molecule has 1 aliphatic heterocycles. The van der Waals surface area contributed by atoms with Crippen molar-refractivity contribution in [1.82, 2.24) is 0 Å². The van der Waals surface area contributed by atoms with Crippen molar-refractivity contribution >= 4 is 16.8 Å². The van der Waals surface area contributed by atoms with E-state index in [1.54, 1.807) is 0 Å². The Morgan fingerprint density at radius 3 is 2.23 bits per heavy atom. The maximum atomic E-state index is 15.2. The second kappa shape index (κ2) is 9.17. The van der Waals surface area contributed by atoms with Crippen LogP contribution in [0, 0.1) is 23.7 Å². The minimum absolute atomic E-state index is 0.0650. The Morgan fingerprint density at radius 2 is 1.65 bits per heavy atom. The molecule has 2 fully saturated rings. The number of hydrogen-bond acceptors (Lipinski definition) is 1. The molecule has 1 nitrogen and oxygen atoms in total. The third kappa shape index (κ3) is 4.69. The fourth-order valence-electron chi connectivity index (χ4n) is 5.52. The molecular formula is C22H34ClF2N. The Hall–Kier alpha value is -0.440. The van der Waals surface area contributed by atoms with E-state index in [1.807, 2.05) is 0 Å². The molecule has 0 bridgehead atoms. The lowest BCUT2D eigenvalue weighted by Crippen LogP contribution is -2.44. The first-order valence-electron chi connectivity index (χ1n) is 10.8. The zero-order chi connectivity index (χ0) is 18.6. The number of alkyl halides is 2. The molecule has 0 N–H and O–H groups in total. The standard InChI is InChI=1S/C22H34ClF2N/c1-2-3-4-5-16-6-8-17(9-7-16)18-10-12-19(13-11-18)22(25)15-14-20(23)26-21(22)24/h14-19,21H,2-13H2,1H3/t16-,17-,18-,19-,21?,22?. The number of aliphatic imine (C=N–C) groups is 1. The molecule has 3 aliphatic rings. The molecule has 148 valence electrons. The summed E-state index contributed by atoms with van der Waals surface area (Å²) in [6, 6.07) is 0. The molecule has 0 aromatic heterocycles. The van der Waals surface area contributed by atoms with Crippen molar-refractivity contribution in [3.05, 3.63) is 12.2 Å². The third-order valence-electron chi connectivity index (χ3n) is 7.25. The first kappa shape index (κ1) is 20.3. The molecule has 0 saturated heterocycles. The lowest BCUT2D eigenvalue weighted by Gasteiger charge is -2.42. The van der Waals surface area contributed by atoms with Gasteiger partial charge in [-0.2, -0.15) is 0 Å². The maximum Gasteiger partial charge on any atom is 0.228 e. The van der Waals surface area contributed by atoms with Crippen molar-refractivity contribution in [3.63, 3.8) is 0 Å². The van der Waals surface area contributed by atoms with Crippen LogP contribution in [0.2, 0.25) is 0 Å². The Bertz CT molecular complexity index is 504. The van der Waals surface area contributed by atoms with Crippen LogP contribution in [-0.4, -0.2) is 17.1 Å². The van der Waals surface area contributed by atoms with E-state index in [1.165, 1.54) is 63.5 Å². The molecule has 0 radical (unpaired) electrons. The molecule has 2 unspecified atom stereocenters. The van der Waals surface area contributed by atoms with Crippen molar-refractivity contribution in [3.8, 4) is 0 Å². The highest BCUT2D eigenvalue weighted by atomic mass is 35.5. The van der Waals surface area contributed by atoms with Crippen molar-refractivity contribution in [2.75, 3.05) is 0 Å². The van der Waals surface area contributed by atoms with Gasteiger partial charge in [0.15, 0.2) is 5.67 Å². The summed E-state index contributed by atoms with van der Waals surface area (Å²) in [5.41, 5.74) is -1.96. The van der Waals surface area contributed by atoms with E-state index in [9.17, 15) is 4.39 Å². The minimum Gasteiger partial charge on any atom is -0.234 e. The van der Waals surface area contributed by atoms with Gasteiger partial charge < -0.3 is 0 Å². The second-order valence-electron chi connectivity index (χ2n) is 8.84. The minimum atomic E-state index is -1.96. The number of halogens is 3. The smallest absolute Gasteiger partial charge is 0.228 e. The summed E-state index contributed by atoms with van der Waals surface area (Å²) in [6.07, 6.45) is 15.4. The quantitative estimate of drug-likeness (QED) is 0.334. The monoisotopic (exact) mass is 385 g/mol. The highest BCUT2D eigenvalue weighted by molar-refractivity contribution is 6.68. The highest BCUT2D eigenvalue weighted by Crippen LogP contribution is 2.47. The van der Waals surface area contributed by atoms with Crippen LogP contribution in [0.5, 0.6) is 0 Å². The Morgan fingerprint density at radius 1 is 1.04 bits per heavy atom. The molecule has 2 atom stereocenters. The van der Waals surface area contributed by atoms with Gasteiger partial charge in [0, 0.05) is 5.92 Å². The van der Waals surface area contributed by atoms with Crippen molar-refractivity contribution < 1.29 is 8.78 Å². The molecule has 2 aliphatic carbocycles. The van der Waals surface area contributed by atoms with Gasteiger partial charge in [0.25, 0.3) is 0 Å². The fraction of sp³-hybridized carbons (Fsp3) is 0.864. The number of unbranched alkanes of at least 4 members (excludes halogenated alkanes) is 2. The van der Waals surface area contributed by atoms with Gasteiger partial charge in [-0.05, 0) is 68.4 Å². The van der Waals surface area contributed by atoms with Gasteiger partial charge in [0.2, 0.25) is 6.30 Å². The molecule has 0 amide bonds. The molecule has 0 aromatic rings. The van der Waals surface area contributed by atoms with Crippen LogP contribution in [0.3, 0.4) is 0 Å². The van der Waals surface area contributed by atoms with E-state index < -0.39 is 12.0 Å². The first-order chi connectivity index (χ1) is 12.5. The summed E-state index contributed by atoms with van der Waals surface area (Å²) in [6.45, 7) is 2.27. The Kier molecular flexibility index (Phi) is 7.16. The maximum absolute atomic E-state index is 15.2. The molecule has 0 aromatic carbocycles. The molecule has 2 saturated carbocycles. The van der Waals surface area contributed by atoms with Crippen molar-refractivity contribution in [1.29, 1.82) is 0 Å². The fourth-order valence-corrected chi connectivity index (χ4v) is 5.67. The average molecular weight is 386 g/mol. The average Bonchev–Trinajstić information content (AvgIpc) is 2.66. The normalized spacial score (nSPS) is 41.1. The summed E-state index contributed by atoms with van der Waals surface area (Å²) in [5.74, 6) is 2.20. The SMILES string of the molecule is CCCCC[C@H]1CC[C@H]([C@H]2CC[C@H](C3(F)C=CC(Cl)=NC3F)CC2)CC1. The van der Waals surface area contributed by atoms with Crippen LogP contribution in [0.25, 0.3) is 0 Å². The lowest BCUT2D eigenvalue weighted by atomic mass is 9.66. The predicted molar refractivity (Wildman–Crippen MR) is 106 cm³/mol. The largest absolute Gasteiger partial charge is 0.234 e. The molecule has 1 heterocycles. The third-order valence-corrected chi connectivity index (χ3v) is 7.47. The van der Waals surface area contributed by atoms with E-state index >= 15 is 4.39 Å². The Balaban J connectivity index is 1.44. The van der Waals surface area contributed by atoms with Crippen LogP contribution < -0.4 is 0 Å². The Labute approximate surface area is 162 Å². The number of dihydropyridines is 1. The van der Waals surface area contributed by atoms with Crippen LogP contribution in [-0.2, 0) is 0 Å². The van der Waals surface area contributed by atoms with Gasteiger partial charge >= 0.3 is 0 Å². The molecule has 0 spiro atoms. The van der Waals surface area contributed by atoms with Gasteiger partial charge in [-0.1, -0.05) is 57.0 Å². The molecule has 26 heavy (non-hydrogen) atoms. The zero-order valence-electron chi connectivity index (χ0n) is 16.1. The number of allylic oxidation sites excluding steroid dienone is 1. The lowest BCUT2D eigenvalue weighted by molar-refractivity contribution is 0.00806. The van der Waals surface area contributed by atoms with Crippen LogP contribution in [0.1, 0.15) is 84.0 Å². The van der Waals surface area contributed by atoms with E-state index in [-0.39, 0.29) is 11.1 Å². The van der Waals surface area contributed by atoms with Crippen LogP contribution in [0.15, 0.2) is 17.1 Å². The van der Waals surface area contributed by atoms with Crippen molar-refractivity contribution in [2.24, 2.45) is 28.7 Å². The summed E-state index contributed by atoms with van der Waals surface area (Å²) in [4.78, 5) is 3.61. The van der Waals surface area contributed by atoms with E-state index in [2.05, 4.69) is 11.9 Å². The van der Waals surface area contributed by atoms with Crippen LogP contribution >= 0.6 is 11.6 Å². The number of hydrogen-bond donors (Lipinski definition) is 0. The van der Waals surface area contributed by atoms with Gasteiger partial charge in [-0.3, -0.25) is 0 Å². The molecule has 3 rings (SSSR count). The van der Waals surface area contributed by atoms with Gasteiger partial charge in [-0.15, -0.1) is 0 Å². The number of rotatable bonds is 6. The van der Waals surface area contributed by atoms with Crippen molar-refractivity contribution in [2.45, 2.75) is 95.9 Å². The van der Waals surface area contributed by atoms with Gasteiger partial charge in [-0.25, -0.2) is 13.8 Å². The molecular weight excluding hydrogens is 352 g/mol. The van der Waals surface area contributed by atoms with Gasteiger partial charge in [0.05, 0.1) is 0 Å². The second-order valence-corrected chi connectivity index (χ2v) is 9.22. The first-order valence-corrected chi connectivity index (χ1v) is 11.2. The summed E-state index contributed by atoms with van der Waals surface area (Å²) in [5, 5.41) is 0.0650. The summed E-state index contributed by atoms with van der Waals surface area (Å²) >= 11 is 5.71. The summed E-state index contributed by atoms with van der Waals surface area (Å²) in [7, 11) is 0. The predicted octanol–water partition coefficient (Wildman–Crippen LogP) is 7.39.